The van der Waals surface area contributed by atoms with Gasteiger partial charge in [0.1, 0.15) is 0 Å². The zero-order chi connectivity index (χ0) is 14.2. The second-order valence-corrected chi connectivity index (χ2v) is 6.03. The monoisotopic (exact) mass is 262 g/mol. The number of rotatable bonds is 1. The largest absolute Gasteiger partial charge is 0.0909 e. The lowest BCUT2D eigenvalue weighted by molar-refractivity contribution is 0.377. The molecule has 0 bridgehead atoms. The number of allylic oxidation sites excluding steroid dienone is 13. The van der Waals surface area contributed by atoms with Crippen LogP contribution in [-0.2, 0) is 0 Å². The van der Waals surface area contributed by atoms with Crippen LogP contribution in [0.25, 0.3) is 0 Å². The van der Waals surface area contributed by atoms with E-state index in [1.807, 2.05) is 0 Å². The molecule has 0 saturated carbocycles. The van der Waals surface area contributed by atoms with Crippen LogP contribution >= 0.6 is 0 Å². The summed E-state index contributed by atoms with van der Waals surface area (Å²) in [5.41, 5.74) is 5.33. The van der Waals surface area contributed by atoms with E-state index in [2.05, 4.69) is 75.1 Å². The van der Waals surface area contributed by atoms with Crippen LogP contribution in [0.2, 0.25) is 0 Å². The Morgan fingerprint density at radius 2 is 2.20 bits per heavy atom. The lowest BCUT2D eigenvalue weighted by Crippen LogP contribution is -2.28. The number of hydrogen-bond acceptors (Lipinski definition) is 0. The predicted molar refractivity (Wildman–Crippen MR) is 87.3 cm³/mol. The van der Waals surface area contributed by atoms with Crippen molar-refractivity contribution in [3.8, 4) is 0 Å². The molecular weight excluding hydrogens is 240 g/mol. The van der Waals surface area contributed by atoms with Crippen LogP contribution in [0.3, 0.4) is 0 Å². The van der Waals surface area contributed by atoms with Crippen LogP contribution in [-0.4, -0.2) is 0 Å². The molecule has 0 radical (unpaired) electrons. The Morgan fingerprint density at radius 3 is 3.00 bits per heavy atom. The molecule has 0 fully saturated rings. The van der Waals surface area contributed by atoms with Crippen LogP contribution in [0.1, 0.15) is 26.7 Å². The highest BCUT2D eigenvalue weighted by Gasteiger charge is 2.35. The van der Waals surface area contributed by atoms with Crippen LogP contribution in [0.15, 0.2) is 83.6 Å². The maximum absolute atomic E-state index is 4.40. The fourth-order valence-electron chi connectivity index (χ4n) is 3.59. The first-order chi connectivity index (χ1) is 9.65. The molecule has 0 heterocycles. The summed E-state index contributed by atoms with van der Waals surface area (Å²) in [7, 11) is 0. The molecule has 0 N–H and O–H groups in total. The first-order valence-corrected chi connectivity index (χ1v) is 7.46. The van der Waals surface area contributed by atoms with Crippen molar-refractivity contribution in [3.05, 3.63) is 83.6 Å². The summed E-state index contributed by atoms with van der Waals surface area (Å²) in [6, 6.07) is 0. The van der Waals surface area contributed by atoms with Gasteiger partial charge in [0.15, 0.2) is 0 Å². The van der Waals surface area contributed by atoms with Gasteiger partial charge >= 0.3 is 0 Å². The molecular formula is C20H22. The summed E-state index contributed by atoms with van der Waals surface area (Å²) < 4.78 is 0. The van der Waals surface area contributed by atoms with Gasteiger partial charge in [-0.1, -0.05) is 68.2 Å². The molecule has 2 atom stereocenters. The van der Waals surface area contributed by atoms with E-state index >= 15 is 0 Å². The maximum Gasteiger partial charge on any atom is 0.0108 e. The van der Waals surface area contributed by atoms with Gasteiger partial charge in [0.2, 0.25) is 0 Å². The van der Waals surface area contributed by atoms with Gasteiger partial charge in [0.25, 0.3) is 0 Å². The van der Waals surface area contributed by atoms with Gasteiger partial charge < -0.3 is 0 Å². The van der Waals surface area contributed by atoms with Crippen molar-refractivity contribution in [2.24, 2.45) is 11.3 Å². The van der Waals surface area contributed by atoms with Crippen molar-refractivity contribution in [1.82, 2.24) is 0 Å². The number of hydrogen-bond donors (Lipinski definition) is 0. The van der Waals surface area contributed by atoms with Gasteiger partial charge in [0, 0.05) is 11.3 Å². The van der Waals surface area contributed by atoms with Crippen molar-refractivity contribution < 1.29 is 0 Å². The van der Waals surface area contributed by atoms with Crippen molar-refractivity contribution in [3.63, 3.8) is 0 Å². The van der Waals surface area contributed by atoms with Crippen molar-refractivity contribution in [2.75, 3.05) is 0 Å². The molecule has 0 saturated heterocycles. The van der Waals surface area contributed by atoms with Crippen molar-refractivity contribution in [1.29, 1.82) is 0 Å². The molecule has 0 aromatic rings. The Labute approximate surface area is 122 Å². The number of fused-ring (bicyclic) bond motifs is 2. The molecule has 102 valence electrons. The second-order valence-electron chi connectivity index (χ2n) is 6.03. The van der Waals surface area contributed by atoms with Crippen LogP contribution in [0.5, 0.6) is 0 Å². The molecule has 0 aromatic carbocycles. The SMILES string of the molecule is C=C1C2=CCC=C2/C=C\C(C)(C=CC)C2CC=CC=C12. The zero-order valence-corrected chi connectivity index (χ0v) is 12.4. The first-order valence-electron chi connectivity index (χ1n) is 7.46. The highest BCUT2D eigenvalue weighted by molar-refractivity contribution is 5.63. The fraction of sp³-hybridized carbons (Fsp3) is 0.300. The third-order valence-electron chi connectivity index (χ3n) is 4.70. The van der Waals surface area contributed by atoms with E-state index in [1.165, 1.54) is 22.3 Å². The average molecular weight is 262 g/mol. The quantitative estimate of drug-likeness (QED) is 0.551. The summed E-state index contributed by atoms with van der Waals surface area (Å²) in [5.74, 6) is 0.482. The fourth-order valence-corrected chi connectivity index (χ4v) is 3.59. The van der Waals surface area contributed by atoms with Gasteiger partial charge in [0.05, 0.1) is 0 Å². The lowest BCUT2D eigenvalue weighted by Gasteiger charge is -2.38. The van der Waals surface area contributed by atoms with Gasteiger partial charge in [-0.05, 0) is 42.1 Å². The van der Waals surface area contributed by atoms with E-state index in [0.717, 1.165) is 12.8 Å². The zero-order valence-electron chi connectivity index (χ0n) is 12.4. The highest BCUT2D eigenvalue weighted by Crippen LogP contribution is 2.47. The minimum atomic E-state index is 0.0588. The summed E-state index contributed by atoms with van der Waals surface area (Å²) in [6.07, 6.45) is 22.6. The van der Waals surface area contributed by atoms with Gasteiger partial charge in [-0.15, -0.1) is 0 Å². The summed E-state index contributed by atoms with van der Waals surface area (Å²) >= 11 is 0. The molecule has 0 amide bonds. The van der Waals surface area contributed by atoms with E-state index in [4.69, 9.17) is 0 Å². The molecule has 20 heavy (non-hydrogen) atoms. The molecule has 3 aliphatic carbocycles. The van der Waals surface area contributed by atoms with Gasteiger partial charge in [-0.2, -0.15) is 0 Å². The van der Waals surface area contributed by atoms with E-state index in [0.29, 0.717) is 5.92 Å². The Balaban J connectivity index is 2.17. The minimum Gasteiger partial charge on any atom is -0.0909 e. The van der Waals surface area contributed by atoms with Crippen LogP contribution < -0.4 is 0 Å². The summed E-state index contributed by atoms with van der Waals surface area (Å²) in [4.78, 5) is 0. The first kappa shape index (κ1) is 13.2. The van der Waals surface area contributed by atoms with Crippen LogP contribution in [0.4, 0.5) is 0 Å². The molecule has 0 aromatic heterocycles. The molecule has 0 nitrogen and oxygen atoms in total. The average Bonchev–Trinajstić information content (AvgIpc) is 2.92. The Bertz CT molecular complexity index is 616. The third kappa shape index (κ3) is 2.00. The Morgan fingerprint density at radius 1 is 1.35 bits per heavy atom. The second kappa shape index (κ2) is 4.94. The highest BCUT2D eigenvalue weighted by atomic mass is 14.4. The van der Waals surface area contributed by atoms with Crippen LogP contribution in [0, 0.1) is 11.3 Å². The summed E-state index contributed by atoms with van der Waals surface area (Å²) in [6.45, 7) is 8.84. The standard InChI is InChI=1S/C20H22/c1-4-13-20(3)14-12-16-8-7-10-17(16)15(2)18-9-5-6-11-19(18)20/h4-6,8-10,12-14,19H,2,7,11H2,1,3H3/b13-4?,14-12-. The topological polar surface area (TPSA) is 0 Å². The van der Waals surface area contributed by atoms with Crippen molar-refractivity contribution in [2.45, 2.75) is 26.7 Å². The maximum atomic E-state index is 4.40. The van der Waals surface area contributed by atoms with E-state index < -0.39 is 0 Å². The van der Waals surface area contributed by atoms with E-state index in [-0.39, 0.29) is 5.41 Å². The molecule has 2 unspecified atom stereocenters. The molecule has 3 rings (SSSR count). The van der Waals surface area contributed by atoms with Crippen molar-refractivity contribution >= 4 is 0 Å². The molecule has 0 aliphatic heterocycles. The van der Waals surface area contributed by atoms with Gasteiger partial charge in [-0.25, -0.2) is 0 Å². The van der Waals surface area contributed by atoms with E-state index in [1.54, 1.807) is 0 Å². The lowest BCUT2D eigenvalue weighted by atomic mass is 9.66. The Kier molecular flexibility index (Phi) is 3.25. The minimum absolute atomic E-state index is 0.0588. The molecule has 0 spiro atoms. The molecule has 3 aliphatic rings. The third-order valence-corrected chi connectivity index (χ3v) is 4.70. The summed E-state index contributed by atoms with van der Waals surface area (Å²) in [5, 5.41) is 0. The van der Waals surface area contributed by atoms with Gasteiger partial charge in [-0.3, -0.25) is 0 Å². The van der Waals surface area contributed by atoms with E-state index in [9.17, 15) is 0 Å². The Hall–Kier alpha value is -1.82. The molecule has 0 heteroatoms. The smallest absolute Gasteiger partial charge is 0.0108 e. The normalized spacial score (nSPS) is 33.8. The predicted octanol–water partition coefficient (Wildman–Crippen LogP) is 5.45.